The summed E-state index contributed by atoms with van der Waals surface area (Å²) in [4.78, 5) is 11.7. The van der Waals surface area contributed by atoms with Gasteiger partial charge < -0.3 is 15.2 Å². The van der Waals surface area contributed by atoms with Gasteiger partial charge in [-0.2, -0.15) is 0 Å². The topological polar surface area (TPSA) is 58.6 Å². The van der Waals surface area contributed by atoms with Crippen LogP contribution in [0.3, 0.4) is 0 Å². The van der Waals surface area contributed by atoms with Gasteiger partial charge in [0.15, 0.2) is 6.61 Å². The van der Waals surface area contributed by atoms with Crippen molar-refractivity contribution in [2.45, 2.75) is 44.8 Å². The minimum Gasteiger partial charge on any atom is -0.484 e. The molecule has 0 atom stereocenters. The number of benzene rings is 1. The molecule has 0 aliphatic heterocycles. The van der Waals surface area contributed by atoms with Gasteiger partial charge in [-0.05, 0) is 44.7 Å². The molecule has 1 aliphatic carbocycles. The highest BCUT2D eigenvalue weighted by Gasteiger charge is 2.20. The lowest BCUT2D eigenvalue weighted by atomic mass is 9.93. The zero-order valence-corrected chi connectivity index (χ0v) is 11.3. The molecule has 0 radical (unpaired) electrons. The summed E-state index contributed by atoms with van der Waals surface area (Å²) in [7, 11) is 0. The molecule has 0 aromatic heterocycles. The summed E-state index contributed by atoms with van der Waals surface area (Å²) in [5.74, 6) is 0.613. The monoisotopic (exact) mass is 263 g/mol. The first kappa shape index (κ1) is 13.9. The Balaban J connectivity index is 1.71. The SMILES string of the molecule is Cc1ccc(OCC(=O)NC2CCC(O)CC2)cc1. The van der Waals surface area contributed by atoms with Gasteiger partial charge in [-0.25, -0.2) is 0 Å². The highest BCUT2D eigenvalue weighted by atomic mass is 16.5. The number of aliphatic hydroxyl groups is 1. The fourth-order valence-electron chi connectivity index (χ4n) is 2.27. The molecule has 4 nitrogen and oxygen atoms in total. The molecule has 0 saturated heterocycles. The molecule has 1 saturated carbocycles. The highest BCUT2D eigenvalue weighted by molar-refractivity contribution is 5.77. The predicted molar refractivity (Wildman–Crippen MR) is 73.1 cm³/mol. The summed E-state index contributed by atoms with van der Waals surface area (Å²) in [5.41, 5.74) is 1.16. The molecule has 0 spiro atoms. The number of hydrogen-bond donors (Lipinski definition) is 2. The Hall–Kier alpha value is -1.55. The van der Waals surface area contributed by atoms with Crippen molar-refractivity contribution >= 4 is 5.91 Å². The van der Waals surface area contributed by atoms with Crippen molar-refractivity contribution < 1.29 is 14.6 Å². The van der Waals surface area contributed by atoms with E-state index in [1.807, 2.05) is 31.2 Å². The molecular formula is C15H21NO3. The molecule has 0 heterocycles. The van der Waals surface area contributed by atoms with E-state index in [1.165, 1.54) is 0 Å². The fourth-order valence-corrected chi connectivity index (χ4v) is 2.27. The molecule has 2 rings (SSSR count). The van der Waals surface area contributed by atoms with Crippen molar-refractivity contribution in [2.24, 2.45) is 0 Å². The number of hydrogen-bond acceptors (Lipinski definition) is 3. The summed E-state index contributed by atoms with van der Waals surface area (Å²) in [6.07, 6.45) is 3.03. The summed E-state index contributed by atoms with van der Waals surface area (Å²) >= 11 is 0. The second-order valence-electron chi connectivity index (χ2n) is 5.17. The van der Waals surface area contributed by atoms with E-state index in [0.29, 0.717) is 5.75 Å². The maximum absolute atomic E-state index is 11.7. The molecule has 1 fully saturated rings. The number of carbonyl (C=O) groups is 1. The molecular weight excluding hydrogens is 242 g/mol. The molecule has 2 N–H and O–H groups in total. The highest BCUT2D eigenvalue weighted by Crippen LogP contribution is 2.18. The van der Waals surface area contributed by atoms with Crippen molar-refractivity contribution in [1.82, 2.24) is 5.32 Å². The normalized spacial score (nSPS) is 22.8. The van der Waals surface area contributed by atoms with Crippen molar-refractivity contribution in [3.8, 4) is 5.75 Å². The van der Waals surface area contributed by atoms with E-state index >= 15 is 0 Å². The zero-order valence-electron chi connectivity index (χ0n) is 11.3. The van der Waals surface area contributed by atoms with Gasteiger partial charge in [0, 0.05) is 6.04 Å². The Morgan fingerprint density at radius 2 is 1.89 bits per heavy atom. The molecule has 1 amide bonds. The van der Waals surface area contributed by atoms with Gasteiger partial charge in [0.1, 0.15) is 5.75 Å². The van der Waals surface area contributed by atoms with Crippen LogP contribution in [-0.2, 0) is 4.79 Å². The van der Waals surface area contributed by atoms with Gasteiger partial charge in [-0.1, -0.05) is 17.7 Å². The van der Waals surface area contributed by atoms with E-state index in [9.17, 15) is 9.90 Å². The third kappa shape index (κ3) is 4.56. The summed E-state index contributed by atoms with van der Waals surface area (Å²) in [6.45, 7) is 2.05. The smallest absolute Gasteiger partial charge is 0.258 e. The average Bonchev–Trinajstić information content (AvgIpc) is 2.41. The van der Waals surface area contributed by atoms with Crippen LogP contribution in [0.5, 0.6) is 5.75 Å². The summed E-state index contributed by atoms with van der Waals surface area (Å²) in [5, 5.41) is 12.3. The third-order valence-electron chi connectivity index (χ3n) is 3.45. The van der Waals surface area contributed by atoms with Gasteiger partial charge in [0.25, 0.3) is 5.91 Å². The third-order valence-corrected chi connectivity index (χ3v) is 3.45. The van der Waals surface area contributed by atoms with Gasteiger partial charge in [0.05, 0.1) is 6.10 Å². The molecule has 0 bridgehead atoms. The number of nitrogens with one attached hydrogen (secondary N) is 1. The fraction of sp³-hybridized carbons (Fsp3) is 0.533. The number of aryl methyl sites for hydroxylation is 1. The van der Waals surface area contributed by atoms with Crippen molar-refractivity contribution in [3.63, 3.8) is 0 Å². The second-order valence-corrected chi connectivity index (χ2v) is 5.17. The maximum Gasteiger partial charge on any atom is 0.258 e. The minimum atomic E-state index is -0.197. The van der Waals surface area contributed by atoms with Gasteiger partial charge in [0.2, 0.25) is 0 Å². The Morgan fingerprint density at radius 1 is 1.26 bits per heavy atom. The van der Waals surface area contributed by atoms with E-state index in [2.05, 4.69) is 5.32 Å². The molecule has 1 aromatic carbocycles. The Morgan fingerprint density at radius 3 is 2.53 bits per heavy atom. The minimum absolute atomic E-state index is 0.0438. The number of aliphatic hydroxyl groups excluding tert-OH is 1. The first-order valence-electron chi connectivity index (χ1n) is 6.80. The van der Waals surface area contributed by atoms with Crippen LogP contribution in [0, 0.1) is 6.92 Å². The van der Waals surface area contributed by atoms with Crippen LogP contribution in [0.4, 0.5) is 0 Å². The quantitative estimate of drug-likeness (QED) is 0.870. The van der Waals surface area contributed by atoms with E-state index in [-0.39, 0.29) is 24.7 Å². The molecule has 19 heavy (non-hydrogen) atoms. The lowest BCUT2D eigenvalue weighted by molar-refractivity contribution is -0.124. The van der Waals surface area contributed by atoms with Crippen LogP contribution in [0.15, 0.2) is 24.3 Å². The molecule has 104 valence electrons. The predicted octanol–water partition coefficient (Wildman–Crippen LogP) is 1.79. The Bertz CT molecular complexity index is 408. The van der Waals surface area contributed by atoms with Crippen LogP contribution < -0.4 is 10.1 Å². The van der Waals surface area contributed by atoms with Crippen molar-refractivity contribution in [2.75, 3.05) is 6.61 Å². The van der Waals surface area contributed by atoms with Crippen LogP contribution in [0.1, 0.15) is 31.2 Å². The van der Waals surface area contributed by atoms with Gasteiger partial charge in [-0.15, -0.1) is 0 Å². The van der Waals surface area contributed by atoms with E-state index in [1.54, 1.807) is 0 Å². The first-order valence-corrected chi connectivity index (χ1v) is 6.80. The molecule has 1 aliphatic rings. The Labute approximate surface area is 113 Å². The van der Waals surface area contributed by atoms with Gasteiger partial charge >= 0.3 is 0 Å². The Kier molecular flexibility index (Phi) is 4.80. The summed E-state index contributed by atoms with van der Waals surface area (Å²) in [6, 6.07) is 7.81. The summed E-state index contributed by atoms with van der Waals surface area (Å²) < 4.78 is 5.42. The van der Waals surface area contributed by atoms with Crippen molar-refractivity contribution in [1.29, 1.82) is 0 Å². The number of ether oxygens (including phenoxy) is 1. The first-order chi connectivity index (χ1) is 9.13. The standard InChI is InChI=1S/C15H21NO3/c1-11-2-8-14(9-3-11)19-10-15(18)16-12-4-6-13(17)7-5-12/h2-3,8-9,12-13,17H,4-7,10H2,1H3,(H,16,18). The zero-order chi connectivity index (χ0) is 13.7. The van der Waals surface area contributed by atoms with Crippen LogP contribution in [0.2, 0.25) is 0 Å². The lowest BCUT2D eigenvalue weighted by Gasteiger charge is -2.26. The van der Waals surface area contributed by atoms with E-state index in [4.69, 9.17) is 4.74 Å². The van der Waals surface area contributed by atoms with E-state index in [0.717, 1.165) is 31.2 Å². The number of rotatable bonds is 4. The lowest BCUT2D eigenvalue weighted by Crippen LogP contribution is -2.40. The largest absolute Gasteiger partial charge is 0.484 e. The van der Waals surface area contributed by atoms with Crippen molar-refractivity contribution in [3.05, 3.63) is 29.8 Å². The average molecular weight is 263 g/mol. The molecule has 0 unspecified atom stereocenters. The molecule has 1 aromatic rings. The van der Waals surface area contributed by atoms with Crippen LogP contribution >= 0.6 is 0 Å². The number of carbonyl (C=O) groups excluding carboxylic acids is 1. The maximum atomic E-state index is 11.7. The van der Waals surface area contributed by atoms with Crippen LogP contribution in [0.25, 0.3) is 0 Å². The van der Waals surface area contributed by atoms with Gasteiger partial charge in [-0.3, -0.25) is 4.79 Å². The molecule has 4 heteroatoms. The van der Waals surface area contributed by atoms with E-state index < -0.39 is 0 Å². The number of amides is 1. The van der Waals surface area contributed by atoms with Crippen LogP contribution in [-0.4, -0.2) is 29.8 Å². The second kappa shape index (κ2) is 6.57.